The van der Waals surface area contributed by atoms with Crippen molar-refractivity contribution < 1.29 is 31.4 Å². The Morgan fingerprint density at radius 1 is 1.00 bits per heavy atom. The monoisotopic (exact) mass is 325 g/mol. The van der Waals surface area contributed by atoms with E-state index < -0.39 is 23.5 Å². The summed E-state index contributed by atoms with van der Waals surface area (Å²) in [5.41, 5.74) is -4.76. The number of hydrogen-bond acceptors (Lipinski definition) is 2. The van der Waals surface area contributed by atoms with Gasteiger partial charge in [0.05, 0.1) is 5.69 Å². The van der Waals surface area contributed by atoms with Crippen molar-refractivity contribution in [1.82, 2.24) is 0 Å². The van der Waals surface area contributed by atoms with E-state index in [2.05, 4.69) is 4.99 Å². The maximum atomic E-state index is 12.9. The quantitative estimate of drug-likeness (QED) is 0.761. The summed E-state index contributed by atoms with van der Waals surface area (Å²) in [6, 6.07) is 2.46. The number of nitrogens with zero attached hydrogens (tertiary/aromatic N) is 1. The van der Waals surface area contributed by atoms with Crippen LogP contribution in [0, 0.1) is 0 Å². The van der Waals surface area contributed by atoms with Crippen molar-refractivity contribution >= 4 is 11.4 Å². The Hall–Kier alpha value is -1.57. The Bertz CT molecular complexity index is 588. The van der Waals surface area contributed by atoms with Gasteiger partial charge < -0.3 is 5.11 Å². The molecule has 122 valence electrons. The maximum absolute atomic E-state index is 12.9. The summed E-state index contributed by atoms with van der Waals surface area (Å²) in [6.07, 6.45) is -10.3. The standard InChI is InChI=1S/C14H13F6NO/c1-8-3-2-4-9-7-10(5-6-11(9)21-8)12(22,13(15,16)17)14(18,19)20/h5-7,22H,2-4H2,1H3. The topological polar surface area (TPSA) is 32.6 Å². The van der Waals surface area contributed by atoms with E-state index in [1.165, 1.54) is 0 Å². The van der Waals surface area contributed by atoms with Gasteiger partial charge >= 0.3 is 12.4 Å². The molecular formula is C14H13F6NO. The molecule has 0 aromatic heterocycles. The normalized spacial score (nSPS) is 16.8. The molecule has 0 radical (unpaired) electrons. The zero-order valence-corrected chi connectivity index (χ0v) is 11.5. The van der Waals surface area contributed by atoms with Crippen molar-refractivity contribution in [3.05, 3.63) is 29.3 Å². The Labute approximate surface area is 122 Å². The summed E-state index contributed by atoms with van der Waals surface area (Å²) in [4.78, 5) is 4.16. The summed E-state index contributed by atoms with van der Waals surface area (Å²) < 4.78 is 77.2. The number of rotatable bonds is 1. The molecule has 0 spiro atoms. The number of aryl methyl sites for hydroxylation is 1. The first-order valence-corrected chi connectivity index (χ1v) is 6.50. The van der Waals surface area contributed by atoms with Gasteiger partial charge in [-0.1, -0.05) is 12.1 Å². The highest BCUT2D eigenvalue weighted by Gasteiger charge is 2.71. The third-order valence-corrected chi connectivity index (χ3v) is 3.61. The molecule has 0 aliphatic carbocycles. The Balaban J connectivity index is 2.59. The van der Waals surface area contributed by atoms with Crippen molar-refractivity contribution in [3.63, 3.8) is 0 Å². The van der Waals surface area contributed by atoms with Gasteiger partial charge in [-0.15, -0.1) is 0 Å². The highest BCUT2D eigenvalue weighted by molar-refractivity contribution is 5.85. The molecule has 0 atom stereocenters. The summed E-state index contributed by atoms with van der Waals surface area (Å²) in [5.74, 6) is 0. The number of aliphatic hydroxyl groups is 1. The average Bonchev–Trinajstić information content (AvgIpc) is 2.54. The fraction of sp³-hybridized carbons (Fsp3) is 0.500. The van der Waals surface area contributed by atoms with Crippen molar-refractivity contribution in [1.29, 1.82) is 0 Å². The van der Waals surface area contributed by atoms with Crippen LogP contribution in [0.15, 0.2) is 23.2 Å². The minimum absolute atomic E-state index is 0.265. The van der Waals surface area contributed by atoms with Crippen molar-refractivity contribution in [3.8, 4) is 0 Å². The van der Waals surface area contributed by atoms with E-state index in [0.717, 1.165) is 17.8 Å². The zero-order valence-electron chi connectivity index (χ0n) is 11.5. The summed E-state index contributed by atoms with van der Waals surface area (Å²) in [5, 5.41) is 9.39. The molecule has 0 saturated carbocycles. The van der Waals surface area contributed by atoms with E-state index in [0.29, 0.717) is 31.0 Å². The number of fused-ring (bicyclic) bond motifs is 1. The molecule has 0 saturated heterocycles. The van der Waals surface area contributed by atoms with Crippen LogP contribution < -0.4 is 0 Å². The van der Waals surface area contributed by atoms with Crippen molar-refractivity contribution in [2.24, 2.45) is 4.99 Å². The second-order valence-corrected chi connectivity index (χ2v) is 5.25. The summed E-state index contributed by atoms with van der Waals surface area (Å²) >= 11 is 0. The molecule has 1 aliphatic rings. The van der Waals surface area contributed by atoms with E-state index in [-0.39, 0.29) is 5.56 Å². The molecule has 1 N–H and O–H groups in total. The lowest BCUT2D eigenvalue weighted by molar-refractivity contribution is -0.376. The second kappa shape index (κ2) is 5.26. The van der Waals surface area contributed by atoms with Gasteiger partial charge in [-0.3, -0.25) is 4.99 Å². The van der Waals surface area contributed by atoms with Crippen LogP contribution in [0.2, 0.25) is 0 Å². The van der Waals surface area contributed by atoms with Crippen molar-refractivity contribution in [2.45, 2.75) is 44.1 Å². The minimum Gasteiger partial charge on any atom is -0.369 e. The lowest BCUT2D eigenvalue weighted by atomic mass is 9.89. The van der Waals surface area contributed by atoms with Gasteiger partial charge in [0.1, 0.15) is 0 Å². The highest BCUT2D eigenvalue weighted by atomic mass is 19.4. The van der Waals surface area contributed by atoms with Gasteiger partial charge in [-0.2, -0.15) is 26.3 Å². The van der Waals surface area contributed by atoms with E-state index in [4.69, 9.17) is 0 Å². The molecule has 1 heterocycles. The molecule has 0 amide bonds. The van der Waals surface area contributed by atoms with E-state index in [1.54, 1.807) is 6.92 Å². The zero-order chi connectivity index (χ0) is 16.8. The Kier molecular flexibility index (Phi) is 4.01. The fourth-order valence-corrected chi connectivity index (χ4v) is 2.40. The average molecular weight is 325 g/mol. The molecule has 8 heteroatoms. The molecule has 2 rings (SSSR count). The predicted molar refractivity (Wildman–Crippen MR) is 68.2 cm³/mol. The molecule has 0 bridgehead atoms. The second-order valence-electron chi connectivity index (χ2n) is 5.25. The van der Waals surface area contributed by atoms with Crippen LogP contribution >= 0.6 is 0 Å². The van der Waals surface area contributed by atoms with Crippen LogP contribution in [0.5, 0.6) is 0 Å². The van der Waals surface area contributed by atoms with Gasteiger partial charge in [0, 0.05) is 11.3 Å². The first kappa shape index (κ1) is 16.8. The minimum atomic E-state index is -5.87. The van der Waals surface area contributed by atoms with Crippen LogP contribution in [0.1, 0.15) is 30.9 Å². The molecule has 1 aromatic carbocycles. The Morgan fingerprint density at radius 2 is 1.59 bits per heavy atom. The smallest absolute Gasteiger partial charge is 0.369 e. The summed E-state index contributed by atoms with van der Waals surface area (Å²) in [6.45, 7) is 1.74. The largest absolute Gasteiger partial charge is 0.430 e. The lowest BCUT2D eigenvalue weighted by Crippen LogP contribution is -2.53. The van der Waals surface area contributed by atoms with Gasteiger partial charge in [-0.25, -0.2) is 0 Å². The summed E-state index contributed by atoms with van der Waals surface area (Å²) in [7, 11) is 0. The number of benzene rings is 1. The van der Waals surface area contributed by atoms with E-state index in [1.807, 2.05) is 0 Å². The third-order valence-electron chi connectivity index (χ3n) is 3.61. The Morgan fingerprint density at radius 3 is 2.14 bits per heavy atom. The van der Waals surface area contributed by atoms with Crippen LogP contribution in [-0.4, -0.2) is 23.2 Å². The first-order chi connectivity index (χ1) is 9.97. The molecule has 1 aliphatic heterocycles. The van der Waals surface area contributed by atoms with E-state index in [9.17, 15) is 31.4 Å². The van der Waals surface area contributed by atoms with Crippen LogP contribution in [0.25, 0.3) is 0 Å². The van der Waals surface area contributed by atoms with Crippen LogP contribution in [-0.2, 0) is 12.0 Å². The van der Waals surface area contributed by atoms with Gasteiger partial charge in [0.2, 0.25) is 0 Å². The predicted octanol–water partition coefficient (Wildman–Crippen LogP) is 4.43. The molecule has 0 fully saturated rings. The lowest BCUT2D eigenvalue weighted by Gasteiger charge is -2.33. The van der Waals surface area contributed by atoms with Gasteiger partial charge in [0.15, 0.2) is 0 Å². The molecule has 22 heavy (non-hydrogen) atoms. The van der Waals surface area contributed by atoms with Crippen LogP contribution in [0.4, 0.5) is 32.0 Å². The van der Waals surface area contributed by atoms with E-state index >= 15 is 0 Å². The molecule has 1 aromatic rings. The number of hydrogen-bond donors (Lipinski definition) is 1. The maximum Gasteiger partial charge on any atom is 0.430 e. The molecule has 0 unspecified atom stereocenters. The van der Waals surface area contributed by atoms with Crippen molar-refractivity contribution in [2.75, 3.05) is 0 Å². The van der Waals surface area contributed by atoms with Gasteiger partial charge in [-0.05, 0) is 37.8 Å². The third kappa shape index (κ3) is 2.71. The number of alkyl halides is 6. The molecule has 2 nitrogen and oxygen atoms in total. The number of aliphatic imine (C=N–C) groups is 1. The number of halogens is 6. The first-order valence-electron chi connectivity index (χ1n) is 6.50. The van der Waals surface area contributed by atoms with Crippen LogP contribution in [0.3, 0.4) is 0 Å². The van der Waals surface area contributed by atoms with Gasteiger partial charge in [0.25, 0.3) is 5.60 Å². The fourth-order valence-electron chi connectivity index (χ4n) is 2.40. The molecular weight excluding hydrogens is 312 g/mol. The SMILES string of the molecule is CC1=Nc2ccc(C(O)(C(F)(F)F)C(F)(F)F)cc2CCC1. The highest BCUT2D eigenvalue weighted by Crippen LogP contribution is 2.50.